The summed E-state index contributed by atoms with van der Waals surface area (Å²) >= 11 is 8.22. The molecule has 10 heteroatoms. The van der Waals surface area contributed by atoms with Crippen LogP contribution in [0.3, 0.4) is 0 Å². The van der Waals surface area contributed by atoms with Gasteiger partial charge in [0.25, 0.3) is 0 Å². The molecule has 0 unspecified atom stereocenters. The first-order valence-electron chi connectivity index (χ1n) is 13.7. The van der Waals surface area contributed by atoms with E-state index in [1.54, 1.807) is 6.20 Å². The zero-order chi connectivity index (χ0) is 28.1. The first-order chi connectivity index (χ1) is 19.9. The Morgan fingerprint density at radius 3 is 2.59 bits per heavy atom. The van der Waals surface area contributed by atoms with Crippen molar-refractivity contribution in [3.8, 4) is 11.3 Å². The van der Waals surface area contributed by atoms with Crippen LogP contribution in [0.2, 0.25) is 5.02 Å². The number of pyridine rings is 1. The molecule has 0 saturated carbocycles. The second kappa shape index (κ2) is 10.3. The number of nitrogens with two attached hydrogens (primary N) is 2. The number of aromatic nitrogens is 4. The van der Waals surface area contributed by atoms with Crippen molar-refractivity contribution in [1.82, 2.24) is 19.4 Å². The molecule has 1 aliphatic heterocycles. The summed E-state index contributed by atoms with van der Waals surface area (Å²) in [5, 5.41) is 11.4. The van der Waals surface area contributed by atoms with Gasteiger partial charge in [-0.2, -0.15) is 0 Å². The summed E-state index contributed by atoms with van der Waals surface area (Å²) < 4.78 is 1.91. The van der Waals surface area contributed by atoms with Gasteiger partial charge < -0.3 is 25.9 Å². The lowest BCUT2D eigenvalue weighted by atomic mass is 9.73. The van der Waals surface area contributed by atoms with Crippen molar-refractivity contribution in [2.75, 3.05) is 23.7 Å². The largest absolute Gasteiger partial charge is 0.399 e. The molecule has 0 amide bonds. The number of nitrogen functional groups attached to an aromatic ring is 1. The van der Waals surface area contributed by atoms with E-state index in [1.807, 2.05) is 47.1 Å². The maximum absolute atomic E-state index is 10.2. The maximum Gasteiger partial charge on any atom is 0.157 e. The molecule has 1 saturated heterocycles. The van der Waals surface area contributed by atoms with Crippen molar-refractivity contribution >= 4 is 40.5 Å². The molecular formula is C31H30ClN7OS. The number of benzene rings is 2. The third kappa shape index (κ3) is 4.63. The Morgan fingerprint density at radius 2 is 1.83 bits per heavy atom. The fourth-order valence-electron chi connectivity index (χ4n) is 6.28. The van der Waals surface area contributed by atoms with Crippen LogP contribution in [0.5, 0.6) is 0 Å². The molecule has 7 rings (SSSR count). The molecule has 5 aromatic rings. The summed E-state index contributed by atoms with van der Waals surface area (Å²) in [6.45, 7) is 1.46. The van der Waals surface area contributed by atoms with Gasteiger partial charge in [-0.05, 0) is 54.0 Å². The Balaban J connectivity index is 1.09. The van der Waals surface area contributed by atoms with Gasteiger partial charge in [0, 0.05) is 47.7 Å². The van der Waals surface area contributed by atoms with E-state index in [1.165, 1.54) is 22.9 Å². The summed E-state index contributed by atoms with van der Waals surface area (Å²) in [4.78, 5) is 17.3. The normalized spacial score (nSPS) is 17.8. The number of hydrogen-bond donors (Lipinski definition) is 3. The molecule has 5 N–H and O–H groups in total. The Hall–Kier alpha value is -3.63. The number of hydrogen-bond acceptors (Lipinski definition) is 8. The molecule has 8 nitrogen and oxygen atoms in total. The van der Waals surface area contributed by atoms with Crippen LogP contribution in [0.4, 0.5) is 11.5 Å². The van der Waals surface area contributed by atoms with Crippen molar-refractivity contribution in [3.05, 3.63) is 95.0 Å². The molecule has 1 aliphatic carbocycles. The second-order valence-electron chi connectivity index (χ2n) is 10.9. The SMILES string of the molecule is Nc1ccc(-c2cn3ccc(Sc4cnc(N5CCC6(CC5)Cc5ccccc5[C@H]6N)c(CO)n4)c(Cl)c3n2)cc1. The number of aliphatic hydroxyl groups is 1. The molecule has 0 radical (unpaired) electrons. The van der Waals surface area contributed by atoms with E-state index >= 15 is 0 Å². The van der Waals surface area contributed by atoms with E-state index in [-0.39, 0.29) is 18.1 Å². The highest BCUT2D eigenvalue weighted by molar-refractivity contribution is 7.99. The van der Waals surface area contributed by atoms with Crippen molar-refractivity contribution in [1.29, 1.82) is 0 Å². The van der Waals surface area contributed by atoms with Crippen molar-refractivity contribution in [2.24, 2.45) is 11.1 Å². The number of nitrogens with zero attached hydrogens (tertiary/aromatic N) is 5. The standard InChI is InChI=1S/C31H30ClN7OS/c32-27-25(9-12-39-17-23(37-30(27)39)19-5-7-21(33)8-6-19)41-26-16-35-29(24(18-40)36-26)38-13-10-31(11-14-38)15-20-3-1-2-4-22(20)28(31)34/h1-9,12,16-17,28,40H,10-11,13-15,18,33-34H2/t28-/m1/s1. The Labute approximate surface area is 247 Å². The van der Waals surface area contributed by atoms with Crippen molar-refractivity contribution in [2.45, 2.75) is 41.8 Å². The quantitative estimate of drug-likeness (QED) is 0.232. The number of halogens is 1. The third-order valence-electron chi connectivity index (χ3n) is 8.55. The number of imidazole rings is 1. The van der Waals surface area contributed by atoms with E-state index in [9.17, 15) is 5.11 Å². The lowest BCUT2D eigenvalue weighted by molar-refractivity contribution is 0.186. The van der Waals surface area contributed by atoms with E-state index in [0.717, 1.165) is 54.3 Å². The summed E-state index contributed by atoms with van der Waals surface area (Å²) in [5.74, 6) is 0.735. The predicted molar refractivity (Wildman–Crippen MR) is 163 cm³/mol. The highest BCUT2D eigenvalue weighted by Crippen LogP contribution is 2.51. The summed E-state index contributed by atoms with van der Waals surface area (Å²) in [6, 6.07) is 18.1. The van der Waals surface area contributed by atoms with Crippen molar-refractivity contribution < 1.29 is 5.11 Å². The van der Waals surface area contributed by atoms with Crippen molar-refractivity contribution in [3.63, 3.8) is 0 Å². The van der Waals surface area contributed by atoms with Gasteiger partial charge >= 0.3 is 0 Å². The Bertz CT molecular complexity index is 1750. The fraction of sp³-hybridized carbons (Fsp3) is 0.258. The first-order valence-corrected chi connectivity index (χ1v) is 14.9. The van der Waals surface area contributed by atoms with Gasteiger partial charge in [0.15, 0.2) is 11.5 Å². The Morgan fingerprint density at radius 1 is 1.05 bits per heavy atom. The predicted octanol–water partition coefficient (Wildman–Crippen LogP) is 5.51. The van der Waals surface area contributed by atoms with Crippen LogP contribution in [0.1, 0.15) is 35.7 Å². The van der Waals surface area contributed by atoms with E-state index < -0.39 is 0 Å². The topological polar surface area (TPSA) is 119 Å². The number of fused-ring (bicyclic) bond motifs is 2. The van der Waals surface area contributed by atoms with Crippen LogP contribution in [0.25, 0.3) is 16.9 Å². The molecule has 1 atom stereocenters. The number of piperidine rings is 1. The van der Waals surface area contributed by atoms with Gasteiger partial charge in [-0.25, -0.2) is 15.0 Å². The summed E-state index contributed by atoms with van der Waals surface area (Å²) in [7, 11) is 0. The lowest BCUT2D eigenvalue weighted by Crippen LogP contribution is -2.45. The van der Waals surface area contributed by atoms with E-state index in [4.69, 9.17) is 38.0 Å². The first kappa shape index (κ1) is 26.3. The van der Waals surface area contributed by atoms with Crippen LogP contribution in [0.15, 0.2) is 83.1 Å². The van der Waals surface area contributed by atoms with Crippen LogP contribution >= 0.6 is 23.4 Å². The van der Waals surface area contributed by atoms with E-state index in [0.29, 0.717) is 27.1 Å². The molecular weight excluding hydrogens is 554 g/mol. The van der Waals surface area contributed by atoms with Gasteiger partial charge in [-0.3, -0.25) is 0 Å². The minimum atomic E-state index is -0.193. The minimum Gasteiger partial charge on any atom is -0.399 e. The molecule has 1 spiro atoms. The minimum absolute atomic E-state index is 0.0581. The maximum atomic E-state index is 10.2. The summed E-state index contributed by atoms with van der Waals surface area (Å²) in [5.41, 5.74) is 19.0. The molecule has 2 aromatic carbocycles. The molecule has 1 fully saturated rings. The average molecular weight is 584 g/mol. The zero-order valence-electron chi connectivity index (χ0n) is 22.4. The van der Waals surface area contributed by atoms with Gasteiger partial charge in [0.05, 0.1) is 23.5 Å². The number of anilines is 2. The third-order valence-corrected chi connectivity index (χ3v) is 10.0. The fourth-order valence-corrected chi connectivity index (χ4v) is 7.39. The van der Waals surface area contributed by atoms with Crippen LogP contribution in [0, 0.1) is 5.41 Å². The van der Waals surface area contributed by atoms with Gasteiger partial charge in [0.2, 0.25) is 0 Å². The lowest BCUT2D eigenvalue weighted by Gasteiger charge is -2.42. The van der Waals surface area contributed by atoms with Crippen LogP contribution in [-0.4, -0.2) is 37.5 Å². The second-order valence-corrected chi connectivity index (χ2v) is 12.4. The van der Waals surface area contributed by atoms with Crippen LogP contribution < -0.4 is 16.4 Å². The molecule has 2 aliphatic rings. The van der Waals surface area contributed by atoms with Gasteiger partial charge in [-0.15, -0.1) is 0 Å². The monoisotopic (exact) mass is 583 g/mol. The molecule has 208 valence electrons. The number of aliphatic hydroxyl groups excluding tert-OH is 1. The summed E-state index contributed by atoms with van der Waals surface area (Å²) in [6.07, 6.45) is 8.61. The van der Waals surface area contributed by atoms with E-state index in [2.05, 4.69) is 29.2 Å². The van der Waals surface area contributed by atoms with Crippen LogP contribution in [-0.2, 0) is 13.0 Å². The highest BCUT2D eigenvalue weighted by Gasteiger charge is 2.46. The van der Waals surface area contributed by atoms with Gasteiger partial charge in [-0.1, -0.05) is 59.8 Å². The molecule has 4 heterocycles. The molecule has 0 bridgehead atoms. The molecule has 41 heavy (non-hydrogen) atoms. The Kier molecular flexibility index (Phi) is 6.62. The van der Waals surface area contributed by atoms with Gasteiger partial charge in [0.1, 0.15) is 10.7 Å². The zero-order valence-corrected chi connectivity index (χ0v) is 23.9. The smallest absolute Gasteiger partial charge is 0.157 e. The average Bonchev–Trinajstić information content (AvgIpc) is 3.55. The highest BCUT2D eigenvalue weighted by atomic mass is 35.5. The number of rotatable bonds is 5. The molecule has 3 aromatic heterocycles.